The predicted molar refractivity (Wildman–Crippen MR) is 185 cm³/mol. The molecule has 0 amide bonds. The molecule has 0 aliphatic carbocycles. The van der Waals surface area contributed by atoms with Crippen LogP contribution in [0.5, 0.6) is 0 Å². The molecule has 50 heavy (non-hydrogen) atoms. The van der Waals surface area contributed by atoms with Crippen LogP contribution in [0.15, 0.2) is 0 Å². The van der Waals surface area contributed by atoms with Gasteiger partial charge in [-0.05, 0) is 32.5 Å². The maximum absolute atomic E-state index is 11.5. The average molecular weight is 747 g/mol. The highest BCUT2D eigenvalue weighted by Crippen LogP contribution is 2.02. The lowest BCUT2D eigenvalue weighted by molar-refractivity contribution is -0.146. The van der Waals surface area contributed by atoms with E-state index in [1.165, 1.54) is 0 Å². The Bertz CT molecular complexity index is 728. The smallest absolute Gasteiger partial charge is 0.305 e. The van der Waals surface area contributed by atoms with Gasteiger partial charge in [-0.3, -0.25) is 9.59 Å². The predicted octanol–water partition coefficient (Wildman–Crippen LogP) is 2.21. The molecule has 0 aromatic carbocycles. The lowest BCUT2D eigenvalue weighted by Crippen LogP contribution is -2.27. The molecule has 0 rings (SSSR count). The van der Waals surface area contributed by atoms with Crippen LogP contribution in [0.25, 0.3) is 0 Å². The number of rotatable bonds is 42. The Labute approximate surface area is 300 Å². The molecule has 0 atom stereocenters. The highest BCUT2D eigenvalue weighted by atomic mass is 28.4. The van der Waals surface area contributed by atoms with Crippen LogP contribution in [0.3, 0.4) is 0 Å². The van der Waals surface area contributed by atoms with Crippen molar-refractivity contribution in [3.8, 4) is 0 Å². The van der Waals surface area contributed by atoms with Crippen LogP contribution in [0.4, 0.5) is 0 Å². The number of hydrogen-bond donors (Lipinski definition) is 1. The number of hydrogen-bond acceptors (Lipinski definition) is 15. The van der Waals surface area contributed by atoms with Crippen LogP contribution in [0, 0.1) is 0 Å². The molecule has 0 saturated heterocycles. The number of carboxylic acids is 1. The number of aliphatic carboxylic acids is 1. The SMILES string of the molecule is C[Si](C)(C)OCCOCCOCCOCCOCCOCCOCCOCCOCCOCCOCCOCCOC(=O)CCCCC(=O)O. The molecule has 0 bridgehead atoms. The summed E-state index contributed by atoms with van der Waals surface area (Å²) < 4.78 is 70.7. The van der Waals surface area contributed by atoms with E-state index in [2.05, 4.69) is 19.6 Å². The average Bonchev–Trinajstić information content (AvgIpc) is 3.07. The quantitative estimate of drug-likeness (QED) is 0.0547. The Morgan fingerprint density at radius 1 is 0.380 bits per heavy atom. The number of ether oxygens (including phenoxy) is 12. The standard InChI is InChI=1S/C33H66O16Si/c1-50(2,3)49-31-29-47-27-25-45-23-21-43-19-17-41-15-13-39-11-9-37-8-10-38-12-14-40-16-18-42-20-22-44-24-26-46-28-30-48-33(36)7-5-4-6-32(34)35/h4-31H2,1-3H3,(H,34,35). The summed E-state index contributed by atoms with van der Waals surface area (Å²) in [6.45, 7) is 17.8. The van der Waals surface area contributed by atoms with E-state index in [1.807, 2.05) is 0 Å². The van der Waals surface area contributed by atoms with E-state index >= 15 is 0 Å². The molecule has 16 nitrogen and oxygen atoms in total. The molecule has 0 unspecified atom stereocenters. The van der Waals surface area contributed by atoms with Crippen molar-refractivity contribution in [1.29, 1.82) is 0 Å². The van der Waals surface area contributed by atoms with E-state index < -0.39 is 14.3 Å². The lowest BCUT2D eigenvalue weighted by Gasteiger charge is -2.16. The van der Waals surface area contributed by atoms with Gasteiger partial charge in [0.05, 0.1) is 152 Å². The number of esters is 1. The molecule has 1 N–H and O–H groups in total. The molecular weight excluding hydrogens is 680 g/mol. The zero-order valence-corrected chi connectivity index (χ0v) is 31.9. The van der Waals surface area contributed by atoms with Crippen LogP contribution < -0.4 is 0 Å². The maximum atomic E-state index is 11.5. The third-order valence-electron chi connectivity index (χ3n) is 6.00. The Hall–Kier alpha value is -1.32. The summed E-state index contributed by atoms with van der Waals surface area (Å²) in [4.78, 5) is 21.9. The summed E-state index contributed by atoms with van der Waals surface area (Å²) in [5.41, 5.74) is 0. The van der Waals surface area contributed by atoms with Gasteiger partial charge in [0.2, 0.25) is 0 Å². The van der Waals surface area contributed by atoms with Crippen molar-refractivity contribution >= 4 is 20.3 Å². The van der Waals surface area contributed by atoms with Gasteiger partial charge in [-0.2, -0.15) is 0 Å². The maximum Gasteiger partial charge on any atom is 0.305 e. The number of unbranched alkanes of at least 4 members (excludes halogenated alkanes) is 1. The van der Waals surface area contributed by atoms with Gasteiger partial charge < -0.3 is 66.4 Å². The second-order valence-corrected chi connectivity index (χ2v) is 16.0. The number of carbonyl (C=O) groups excluding carboxylic acids is 1. The first-order valence-electron chi connectivity index (χ1n) is 17.7. The van der Waals surface area contributed by atoms with E-state index in [0.29, 0.717) is 158 Å². The van der Waals surface area contributed by atoms with E-state index in [4.69, 9.17) is 66.4 Å². The molecule has 17 heteroatoms. The molecule has 298 valence electrons. The topological polar surface area (TPSA) is 174 Å². The van der Waals surface area contributed by atoms with Crippen LogP contribution in [-0.2, 0) is 70.9 Å². The van der Waals surface area contributed by atoms with Crippen molar-refractivity contribution in [2.24, 2.45) is 0 Å². The molecule has 0 spiro atoms. The molecule has 0 heterocycles. The highest BCUT2D eigenvalue weighted by molar-refractivity contribution is 6.69. The van der Waals surface area contributed by atoms with Crippen molar-refractivity contribution in [2.75, 3.05) is 159 Å². The zero-order chi connectivity index (χ0) is 36.6. The molecule has 0 aliphatic heterocycles. The van der Waals surface area contributed by atoms with Crippen LogP contribution >= 0.6 is 0 Å². The fourth-order valence-corrected chi connectivity index (χ4v) is 4.24. The summed E-state index contributed by atoms with van der Waals surface area (Å²) in [5.74, 6) is -1.21. The van der Waals surface area contributed by atoms with Gasteiger partial charge in [0.25, 0.3) is 0 Å². The summed E-state index contributed by atoms with van der Waals surface area (Å²) in [6.07, 6.45) is 1.23. The molecule has 0 saturated carbocycles. The fraction of sp³-hybridized carbons (Fsp3) is 0.939. The van der Waals surface area contributed by atoms with Gasteiger partial charge >= 0.3 is 11.9 Å². The molecular formula is C33H66O16Si. The van der Waals surface area contributed by atoms with Crippen molar-refractivity contribution in [2.45, 2.75) is 45.3 Å². The second-order valence-electron chi connectivity index (χ2n) is 11.5. The normalized spacial score (nSPS) is 11.7. The molecule has 0 aromatic heterocycles. The second kappa shape index (κ2) is 38.9. The minimum Gasteiger partial charge on any atom is -0.481 e. The first kappa shape index (κ1) is 48.7. The van der Waals surface area contributed by atoms with Crippen molar-refractivity contribution in [3.63, 3.8) is 0 Å². The van der Waals surface area contributed by atoms with E-state index in [0.717, 1.165) is 0 Å². The minimum absolute atomic E-state index is 0.0594. The Balaban J connectivity index is 3.11. The fourth-order valence-electron chi connectivity index (χ4n) is 3.54. The summed E-state index contributed by atoms with van der Waals surface area (Å²) in [7, 11) is -1.46. The van der Waals surface area contributed by atoms with Crippen molar-refractivity contribution in [1.82, 2.24) is 0 Å². The Morgan fingerprint density at radius 3 is 0.880 bits per heavy atom. The van der Waals surface area contributed by atoms with E-state index in [-0.39, 0.29) is 32.0 Å². The van der Waals surface area contributed by atoms with Crippen LogP contribution in [0.2, 0.25) is 19.6 Å². The third kappa shape index (κ3) is 44.7. The molecule has 0 aromatic rings. The van der Waals surface area contributed by atoms with Crippen molar-refractivity contribution in [3.05, 3.63) is 0 Å². The largest absolute Gasteiger partial charge is 0.481 e. The number of carboxylic acid groups (broad SMARTS) is 1. The van der Waals surface area contributed by atoms with Gasteiger partial charge in [0, 0.05) is 12.8 Å². The minimum atomic E-state index is -1.46. The summed E-state index contributed by atoms with van der Waals surface area (Å²) in [6, 6.07) is 0. The molecule has 0 aliphatic rings. The zero-order valence-electron chi connectivity index (χ0n) is 30.9. The van der Waals surface area contributed by atoms with Crippen molar-refractivity contribution < 1.29 is 76.0 Å². The summed E-state index contributed by atoms with van der Waals surface area (Å²) in [5, 5.41) is 8.55. The van der Waals surface area contributed by atoms with E-state index in [1.54, 1.807) is 0 Å². The summed E-state index contributed by atoms with van der Waals surface area (Å²) >= 11 is 0. The Kier molecular flexibility index (Phi) is 37.9. The first-order valence-corrected chi connectivity index (χ1v) is 21.1. The molecule has 0 fully saturated rings. The van der Waals surface area contributed by atoms with Crippen LogP contribution in [0.1, 0.15) is 25.7 Å². The van der Waals surface area contributed by atoms with Crippen LogP contribution in [-0.4, -0.2) is 184 Å². The number of carbonyl (C=O) groups is 2. The molecule has 0 radical (unpaired) electrons. The van der Waals surface area contributed by atoms with Gasteiger partial charge in [0.15, 0.2) is 8.32 Å². The van der Waals surface area contributed by atoms with Gasteiger partial charge in [-0.1, -0.05) is 0 Å². The van der Waals surface area contributed by atoms with Gasteiger partial charge in [-0.25, -0.2) is 0 Å². The lowest BCUT2D eigenvalue weighted by atomic mass is 10.2. The highest BCUT2D eigenvalue weighted by Gasteiger charge is 2.13. The van der Waals surface area contributed by atoms with E-state index in [9.17, 15) is 9.59 Å². The van der Waals surface area contributed by atoms with Gasteiger partial charge in [-0.15, -0.1) is 0 Å². The Morgan fingerprint density at radius 2 is 0.620 bits per heavy atom. The first-order chi connectivity index (χ1) is 24.3. The van der Waals surface area contributed by atoms with Gasteiger partial charge in [0.1, 0.15) is 6.61 Å². The monoisotopic (exact) mass is 746 g/mol. The third-order valence-corrected chi connectivity index (χ3v) is 7.07.